The quantitative estimate of drug-likeness (QED) is 0.363. The first-order valence-corrected chi connectivity index (χ1v) is 12.3. The van der Waals surface area contributed by atoms with E-state index in [0.29, 0.717) is 33.7 Å². The molecule has 1 aromatic carbocycles. The van der Waals surface area contributed by atoms with Gasteiger partial charge in [-0.3, -0.25) is 4.79 Å². The zero-order chi connectivity index (χ0) is 23.4. The van der Waals surface area contributed by atoms with Crippen LogP contribution in [0.25, 0.3) is 0 Å². The van der Waals surface area contributed by atoms with Crippen molar-refractivity contribution in [3.05, 3.63) is 68.4 Å². The molecule has 0 saturated heterocycles. The van der Waals surface area contributed by atoms with Crippen LogP contribution in [0.5, 0.6) is 5.75 Å². The Kier molecular flexibility index (Phi) is 7.40. The van der Waals surface area contributed by atoms with Gasteiger partial charge in [-0.2, -0.15) is 0 Å². The molecule has 3 aromatic rings. The van der Waals surface area contributed by atoms with Crippen LogP contribution in [0.2, 0.25) is 5.02 Å². The predicted molar refractivity (Wildman–Crippen MR) is 129 cm³/mol. The minimum absolute atomic E-state index is 0.153. The standard InChI is InChI=1S/C25H26ClNO5S/c1-3-12-30-25(29)22-18-6-4-5-7-21(18)33-24(22)27-23(28)20-11-9-17(32-20)14-31-16-8-10-19(26)15(2)13-16/h8-11,13H,3-7,12,14H2,1-2H3,(H,27,28). The van der Waals surface area contributed by atoms with Gasteiger partial charge in [0.25, 0.3) is 5.91 Å². The Morgan fingerprint density at radius 2 is 2.00 bits per heavy atom. The first-order valence-electron chi connectivity index (χ1n) is 11.1. The van der Waals surface area contributed by atoms with Gasteiger partial charge < -0.3 is 19.2 Å². The Morgan fingerprint density at radius 3 is 2.79 bits per heavy atom. The third-order valence-corrected chi connectivity index (χ3v) is 7.07. The highest BCUT2D eigenvalue weighted by Crippen LogP contribution is 2.39. The van der Waals surface area contributed by atoms with E-state index in [1.807, 2.05) is 19.9 Å². The maximum absolute atomic E-state index is 12.9. The van der Waals surface area contributed by atoms with Crippen molar-refractivity contribution >= 4 is 39.8 Å². The normalized spacial score (nSPS) is 12.8. The van der Waals surface area contributed by atoms with Crippen LogP contribution in [0, 0.1) is 6.92 Å². The van der Waals surface area contributed by atoms with Gasteiger partial charge in [-0.15, -0.1) is 11.3 Å². The first-order chi connectivity index (χ1) is 16.0. The van der Waals surface area contributed by atoms with E-state index in [0.717, 1.165) is 48.1 Å². The Bertz CT molecular complexity index is 1170. The topological polar surface area (TPSA) is 77.8 Å². The van der Waals surface area contributed by atoms with Crippen molar-refractivity contribution in [3.63, 3.8) is 0 Å². The van der Waals surface area contributed by atoms with Crippen LogP contribution < -0.4 is 10.1 Å². The van der Waals surface area contributed by atoms with E-state index in [4.69, 9.17) is 25.5 Å². The smallest absolute Gasteiger partial charge is 0.341 e. The monoisotopic (exact) mass is 487 g/mol. The summed E-state index contributed by atoms with van der Waals surface area (Å²) in [5.74, 6) is 0.546. The molecule has 4 rings (SSSR count). The Balaban J connectivity index is 1.46. The molecule has 0 spiro atoms. The highest BCUT2D eigenvalue weighted by molar-refractivity contribution is 7.17. The van der Waals surface area contributed by atoms with Gasteiger partial charge in [-0.05, 0) is 80.5 Å². The van der Waals surface area contributed by atoms with E-state index in [9.17, 15) is 9.59 Å². The number of esters is 1. The number of thiophene rings is 1. The largest absolute Gasteiger partial charge is 0.486 e. The zero-order valence-corrected chi connectivity index (χ0v) is 20.2. The zero-order valence-electron chi connectivity index (χ0n) is 18.7. The highest BCUT2D eigenvalue weighted by Gasteiger charge is 2.28. The summed E-state index contributed by atoms with van der Waals surface area (Å²) >= 11 is 7.50. The van der Waals surface area contributed by atoms with E-state index in [2.05, 4.69) is 5.32 Å². The summed E-state index contributed by atoms with van der Waals surface area (Å²) in [6, 6.07) is 8.70. The number of hydrogen-bond donors (Lipinski definition) is 1. The highest BCUT2D eigenvalue weighted by atomic mass is 35.5. The lowest BCUT2D eigenvalue weighted by atomic mass is 9.95. The fourth-order valence-corrected chi connectivity index (χ4v) is 5.13. The van der Waals surface area contributed by atoms with Crippen molar-refractivity contribution in [1.29, 1.82) is 0 Å². The molecule has 2 heterocycles. The fraction of sp³-hybridized carbons (Fsp3) is 0.360. The number of benzene rings is 1. The van der Waals surface area contributed by atoms with Crippen LogP contribution in [0.15, 0.2) is 34.7 Å². The molecule has 0 bridgehead atoms. The molecule has 0 radical (unpaired) electrons. The molecule has 1 amide bonds. The second-order valence-electron chi connectivity index (χ2n) is 7.97. The van der Waals surface area contributed by atoms with E-state index in [1.165, 1.54) is 11.3 Å². The number of ether oxygens (including phenoxy) is 2. The summed E-state index contributed by atoms with van der Waals surface area (Å²) in [7, 11) is 0. The second kappa shape index (κ2) is 10.4. The van der Waals surface area contributed by atoms with E-state index in [1.54, 1.807) is 24.3 Å². The van der Waals surface area contributed by atoms with Crippen molar-refractivity contribution in [2.75, 3.05) is 11.9 Å². The summed E-state index contributed by atoms with van der Waals surface area (Å²) < 4.78 is 16.8. The minimum Gasteiger partial charge on any atom is -0.486 e. The van der Waals surface area contributed by atoms with Gasteiger partial charge in [-0.1, -0.05) is 18.5 Å². The van der Waals surface area contributed by atoms with Gasteiger partial charge in [0.05, 0.1) is 12.2 Å². The summed E-state index contributed by atoms with van der Waals surface area (Å²) in [4.78, 5) is 26.8. The molecule has 0 atom stereocenters. The lowest BCUT2D eigenvalue weighted by Crippen LogP contribution is -2.15. The van der Waals surface area contributed by atoms with Crippen molar-refractivity contribution in [1.82, 2.24) is 0 Å². The number of hydrogen-bond acceptors (Lipinski definition) is 6. The van der Waals surface area contributed by atoms with Gasteiger partial charge in [-0.25, -0.2) is 4.79 Å². The molecule has 2 aromatic heterocycles. The fourth-order valence-electron chi connectivity index (χ4n) is 3.74. The predicted octanol–water partition coefficient (Wildman–Crippen LogP) is 6.58. The molecule has 174 valence electrons. The molecule has 1 aliphatic rings. The Hall–Kier alpha value is -2.77. The van der Waals surface area contributed by atoms with Crippen LogP contribution in [0.3, 0.4) is 0 Å². The maximum atomic E-state index is 12.9. The van der Waals surface area contributed by atoms with Crippen LogP contribution in [0.4, 0.5) is 5.00 Å². The molecule has 1 aliphatic carbocycles. The molecule has 1 N–H and O–H groups in total. The first kappa shape index (κ1) is 23.4. The number of fused-ring (bicyclic) bond motifs is 1. The van der Waals surface area contributed by atoms with Gasteiger partial charge >= 0.3 is 5.97 Å². The summed E-state index contributed by atoms with van der Waals surface area (Å²) in [6.45, 7) is 4.38. The number of aryl methyl sites for hydroxylation is 2. The third kappa shape index (κ3) is 5.42. The van der Waals surface area contributed by atoms with Crippen LogP contribution in [-0.4, -0.2) is 18.5 Å². The number of furan rings is 1. The minimum atomic E-state index is -0.410. The maximum Gasteiger partial charge on any atom is 0.341 e. The molecular formula is C25H26ClNO5S. The molecule has 0 fully saturated rings. The van der Waals surface area contributed by atoms with E-state index in [-0.39, 0.29) is 18.3 Å². The number of carbonyl (C=O) groups excluding carboxylic acids is 2. The van der Waals surface area contributed by atoms with Gasteiger partial charge in [0.2, 0.25) is 0 Å². The number of halogens is 1. The van der Waals surface area contributed by atoms with Gasteiger partial charge in [0, 0.05) is 9.90 Å². The van der Waals surface area contributed by atoms with Crippen molar-refractivity contribution < 1.29 is 23.5 Å². The molecular weight excluding hydrogens is 462 g/mol. The van der Waals surface area contributed by atoms with Gasteiger partial charge in [0.15, 0.2) is 5.76 Å². The summed E-state index contributed by atoms with van der Waals surface area (Å²) in [5.41, 5.74) is 2.42. The lowest BCUT2D eigenvalue weighted by molar-refractivity contribution is 0.0505. The number of amides is 1. The SMILES string of the molecule is CCCOC(=O)c1c(NC(=O)c2ccc(COc3ccc(Cl)c(C)c3)o2)sc2c1CCCC2. The molecule has 0 saturated carbocycles. The summed E-state index contributed by atoms with van der Waals surface area (Å²) in [6.07, 6.45) is 4.59. The molecule has 33 heavy (non-hydrogen) atoms. The number of anilines is 1. The molecule has 0 unspecified atom stereocenters. The van der Waals surface area contributed by atoms with Gasteiger partial charge in [0.1, 0.15) is 23.1 Å². The average Bonchev–Trinajstić information content (AvgIpc) is 3.43. The molecule has 6 nitrogen and oxygen atoms in total. The van der Waals surface area contributed by atoms with Crippen molar-refractivity contribution in [2.24, 2.45) is 0 Å². The van der Waals surface area contributed by atoms with E-state index < -0.39 is 5.91 Å². The number of nitrogens with one attached hydrogen (secondary N) is 1. The number of rotatable bonds is 8. The second-order valence-corrected chi connectivity index (χ2v) is 9.48. The van der Waals surface area contributed by atoms with Crippen molar-refractivity contribution in [2.45, 2.75) is 52.6 Å². The summed E-state index contributed by atoms with van der Waals surface area (Å²) in [5, 5.41) is 4.07. The number of carbonyl (C=O) groups is 2. The average molecular weight is 488 g/mol. The van der Waals surface area contributed by atoms with Crippen LogP contribution >= 0.6 is 22.9 Å². The van der Waals surface area contributed by atoms with Crippen LogP contribution in [0.1, 0.15) is 68.9 Å². The van der Waals surface area contributed by atoms with E-state index >= 15 is 0 Å². The van der Waals surface area contributed by atoms with Crippen molar-refractivity contribution in [3.8, 4) is 5.75 Å². The lowest BCUT2D eigenvalue weighted by Gasteiger charge is -2.12. The molecule has 0 aliphatic heterocycles. The third-order valence-electron chi connectivity index (χ3n) is 5.44. The Labute approximate surface area is 201 Å². The Morgan fingerprint density at radius 1 is 1.18 bits per heavy atom. The molecule has 8 heteroatoms. The van der Waals surface area contributed by atoms with Crippen LogP contribution in [-0.2, 0) is 24.2 Å².